The van der Waals surface area contributed by atoms with Gasteiger partial charge in [0.05, 0.1) is 6.42 Å². The van der Waals surface area contributed by atoms with E-state index in [0.717, 1.165) is 0 Å². The Kier molecular flexibility index (Phi) is 4.02. The molecule has 0 aromatic rings. The lowest BCUT2D eigenvalue weighted by Gasteiger charge is -2.29. The van der Waals surface area contributed by atoms with Gasteiger partial charge in [-0.3, -0.25) is 9.59 Å². The number of amides is 1. The molecule has 86 valence electrons. The summed E-state index contributed by atoms with van der Waals surface area (Å²) in [5.41, 5.74) is 0. The Morgan fingerprint density at radius 1 is 1.67 bits per heavy atom. The van der Waals surface area contributed by atoms with Crippen LogP contribution in [-0.2, 0) is 9.59 Å². The number of aliphatic carboxylic acids is 1. The molecular formula is C10H17NO3S. The molecule has 15 heavy (non-hydrogen) atoms. The number of hydrogen-bond acceptors (Lipinski definition) is 3. The van der Waals surface area contributed by atoms with Crippen LogP contribution in [0.4, 0.5) is 0 Å². The van der Waals surface area contributed by atoms with Crippen LogP contribution in [0.5, 0.6) is 0 Å². The maximum Gasteiger partial charge on any atom is 0.305 e. The minimum absolute atomic E-state index is 0.0178. The van der Waals surface area contributed by atoms with Gasteiger partial charge in [-0.1, -0.05) is 13.8 Å². The molecule has 1 N–H and O–H groups in total. The number of likely N-dealkylation sites (tertiary alicyclic amines) is 1. The Morgan fingerprint density at radius 3 is 2.60 bits per heavy atom. The minimum atomic E-state index is -0.857. The van der Waals surface area contributed by atoms with Crippen molar-refractivity contribution in [2.45, 2.75) is 38.0 Å². The third kappa shape index (κ3) is 3.12. The van der Waals surface area contributed by atoms with Crippen molar-refractivity contribution in [2.75, 3.05) is 6.54 Å². The summed E-state index contributed by atoms with van der Waals surface area (Å²) < 4.78 is 0. The Hall–Kier alpha value is -0.710. The van der Waals surface area contributed by atoms with Gasteiger partial charge < -0.3 is 10.0 Å². The summed E-state index contributed by atoms with van der Waals surface area (Å²) in [4.78, 5) is 24.0. The lowest BCUT2D eigenvalue weighted by Crippen LogP contribution is -2.41. The molecule has 1 saturated heterocycles. The Bertz CT molecular complexity index is 267. The molecule has 0 spiro atoms. The van der Waals surface area contributed by atoms with Crippen molar-refractivity contribution < 1.29 is 14.7 Å². The van der Waals surface area contributed by atoms with Crippen molar-refractivity contribution >= 4 is 24.5 Å². The average Bonchev–Trinajstić information content (AvgIpc) is 2.40. The molecule has 0 aliphatic carbocycles. The second-order valence-electron chi connectivity index (χ2n) is 4.31. The highest BCUT2D eigenvalue weighted by Crippen LogP contribution is 2.24. The first-order chi connectivity index (χ1) is 6.91. The zero-order chi connectivity index (χ0) is 11.6. The quantitative estimate of drug-likeness (QED) is 0.710. The number of carbonyl (C=O) groups excluding carboxylic acids is 1. The Labute approximate surface area is 95.1 Å². The molecule has 1 aliphatic heterocycles. The van der Waals surface area contributed by atoms with Gasteiger partial charge in [0.25, 0.3) is 0 Å². The number of carboxylic acids is 1. The SMILES string of the molecule is CC(C)C(CC(=O)O)N1CC(S)CC1=O. The fraction of sp³-hybridized carbons (Fsp3) is 0.800. The van der Waals surface area contributed by atoms with E-state index in [2.05, 4.69) is 12.6 Å². The van der Waals surface area contributed by atoms with Crippen LogP contribution in [0.2, 0.25) is 0 Å². The van der Waals surface area contributed by atoms with E-state index in [1.165, 1.54) is 0 Å². The number of nitrogens with zero attached hydrogens (tertiary/aromatic N) is 1. The van der Waals surface area contributed by atoms with Crippen molar-refractivity contribution in [3.8, 4) is 0 Å². The Balaban J connectivity index is 2.71. The molecule has 5 heteroatoms. The van der Waals surface area contributed by atoms with Crippen LogP contribution in [0.1, 0.15) is 26.7 Å². The van der Waals surface area contributed by atoms with Crippen molar-refractivity contribution in [2.24, 2.45) is 5.92 Å². The molecule has 0 radical (unpaired) electrons. The van der Waals surface area contributed by atoms with Crippen LogP contribution in [0.15, 0.2) is 0 Å². The van der Waals surface area contributed by atoms with Gasteiger partial charge in [0, 0.05) is 24.3 Å². The highest BCUT2D eigenvalue weighted by atomic mass is 32.1. The van der Waals surface area contributed by atoms with Crippen LogP contribution in [0.3, 0.4) is 0 Å². The van der Waals surface area contributed by atoms with E-state index in [4.69, 9.17) is 5.11 Å². The average molecular weight is 231 g/mol. The van der Waals surface area contributed by atoms with E-state index in [9.17, 15) is 9.59 Å². The molecule has 1 amide bonds. The summed E-state index contributed by atoms with van der Waals surface area (Å²) in [5, 5.41) is 8.84. The minimum Gasteiger partial charge on any atom is -0.481 e. The predicted octanol–water partition coefficient (Wildman–Crippen LogP) is 1.02. The largest absolute Gasteiger partial charge is 0.481 e. The second kappa shape index (κ2) is 4.88. The number of hydrogen-bond donors (Lipinski definition) is 2. The van der Waals surface area contributed by atoms with E-state index in [1.54, 1.807) is 4.90 Å². The van der Waals surface area contributed by atoms with Gasteiger partial charge in [0.15, 0.2) is 0 Å². The third-order valence-corrected chi connectivity index (χ3v) is 3.04. The molecule has 4 nitrogen and oxygen atoms in total. The summed E-state index contributed by atoms with van der Waals surface area (Å²) >= 11 is 4.25. The summed E-state index contributed by atoms with van der Waals surface area (Å²) in [6.07, 6.45) is 0.440. The first kappa shape index (κ1) is 12.4. The lowest BCUT2D eigenvalue weighted by atomic mass is 9.99. The molecule has 1 fully saturated rings. The summed E-state index contributed by atoms with van der Waals surface area (Å²) in [6, 6.07) is -0.202. The van der Waals surface area contributed by atoms with Crippen LogP contribution in [0, 0.1) is 5.92 Å². The molecule has 0 aromatic heterocycles. The van der Waals surface area contributed by atoms with Crippen LogP contribution in [-0.4, -0.2) is 39.7 Å². The van der Waals surface area contributed by atoms with Crippen LogP contribution < -0.4 is 0 Å². The van der Waals surface area contributed by atoms with Crippen molar-refractivity contribution in [3.05, 3.63) is 0 Å². The second-order valence-corrected chi connectivity index (χ2v) is 5.04. The summed E-state index contributed by atoms with van der Waals surface area (Å²) in [7, 11) is 0. The molecule has 0 aromatic carbocycles. The van der Waals surface area contributed by atoms with Crippen LogP contribution in [0.25, 0.3) is 0 Å². The normalized spacial score (nSPS) is 23.6. The van der Waals surface area contributed by atoms with E-state index in [-0.39, 0.29) is 29.5 Å². The number of rotatable bonds is 4. The molecular weight excluding hydrogens is 214 g/mol. The maximum atomic E-state index is 11.6. The van der Waals surface area contributed by atoms with Gasteiger partial charge in [-0.15, -0.1) is 0 Å². The van der Waals surface area contributed by atoms with Crippen molar-refractivity contribution in [1.29, 1.82) is 0 Å². The zero-order valence-electron chi connectivity index (χ0n) is 9.01. The first-order valence-corrected chi connectivity index (χ1v) is 5.62. The van der Waals surface area contributed by atoms with E-state index < -0.39 is 5.97 Å². The van der Waals surface area contributed by atoms with Gasteiger partial charge in [-0.25, -0.2) is 0 Å². The molecule has 2 atom stereocenters. The molecule has 0 saturated carbocycles. The molecule has 1 aliphatic rings. The topological polar surface area (TPSA) is 57.6 Å². The fourth-order valence-corrected chi connectivity index (χ4v) is 2.25. The zero-order valence-corrected chi connectivity index (χ0v) is 9.91. The summed E-state index contributed by atoms with van der Waals surface area (Å²) in [6.45, 7) is 4.44. The van der Waals surface area contributed by atoms with Gasteiger partial charge in [-0.05, 0) is 5.92 Å². The lowest BCUT2D eigenvalue weighted by molar-refractivity contribution is -0.140. The predicted molar refractivity (Wildman–Crippen MR) is 60.0 cm³/mol. The van der Waals surface area contributed by atoms with Crippen molar-refractivity contribution in [3.63, 3.8) is 0 Å². The van der Waals surface area contributed by atoms with E-state index >= 15 is 0 Å². The van der Waals surface area contributed by atoms with E-state index in [0.29, 0.717) is 13.0 Å². The van der Waals surface area contributed by atoms with Crippen molar-refractivity contribution in [1.82, 2.24) is 4.90 Å². The number of carboxylic acid groups (broad SMARTS) is 1. The Morgan fingerprint density at radius 2 is 2.27 bits per heavy atom. The van der Waals surface area contributed by atoms with Gasteiger partial charge in [0.1, 0.15) is 0 Å². The maximum absolute atomic E-state index is 11.6. The molecule has 0 bridgehead atoms. The van der Waals surface area contributed by atoms with Gasteiger partial charge in [0.2, 0.25) is 5.91 Å². The fourth-order valence-electron chi connectivity index (χ4n) is 1.92. The highest BCUT2D eigenvalue weighted by molar-refractivity contribution is 7.81. The molecule has 1 rings (SSSR count). The molecule has 2 unspecified atom stereocenters. The van der Waals surface area contributed by atoms with E-state index in [1.807, 2.05) is 13.8 Å². The monoisotopic (exact) mass is 231 g/mol. The first-order valence-electron chi connectivity index (χ1n) is 5.11. The number of carbonyl (C=O) groups is 2. The van der Waals surface area contributed by atoms with Crippen LogP contribution >= 0.6 is 12.6 Å². The molecule has 1 heterocycles. The smallest absolute Gasteiger partial charge is 0.305 e. The standard InChI is InChI=1S/C10H17NO3S/c1-6(2)8(4-10(13)14)11-5-7(15)3-9(11)12/h6-8,15H,3-5H2,1-2H3,(H,13,14). The van der Waals surface area contributed by atoms with Gasteiger partial charge in [-0.2, -0.15) is 12.6 Å². The third-order valence-electron chi connectivity index (χ3n) is 2.69. The van der Waals surface area contributed by atoms with Gasteiger partial charge >= 0.3 is 5.97 Å². The summed E-state index contributed by atoms with van der Waals surface area (Å²) in [5.74, 6) is -0.678. The number of thiol groups is 1. The highest BCUT2D eigenvalue weighted by Gasteiger charge is 2.34.